The summed E-state index contributed by atoms with van der Waals surface area (Å²) in [6.45, 7) is 5.52. The van der Waals surface area contributed by atoms with E-state index in [1.165, 1.54) is 33.2 Å². The number of aromatic nitrogens is 1. The van der Waals surface area contributed by atoms with Crippen LogP contribution in [0.15, 0.2) is 41.3 Å². The summed E-state index contributed by atoms with van der Waals surface area (Å²) >= 11 is 1.52. The van der Waals surface area contributed by atoms with E-state index in [0.29, 0.717) is 17.2 Å². The lowest BCUT2D eigenvalue weighted by Crippen LogP contribution is -2.38. The molecule has 0 bridgehead atoms. The van der Waals surface area contributed by atoms with Gasteiger partial charge in [0, 0.05) is 25.2 Å². The first-order valence-corrected chi connectivity index (χ1v) is 15.3. The predicted molar refractivity (Wildman–Crippen MR) is 159 cm³/mol. The molecule has 0 spiro atoms. The van der Waals surface area contributed by atoms with Crippen LogP contribution in [0.3, 0.4) is 0 Å². The maximum Gasteiger partial charge on any atom is 0.260 e. The monoisotopic (exact) mass is 578 g/mol. The molecule has 0 radical (unpaired) electrons. The van der Waals surface area contributed by atoms with Crippen LogP contribution in [0.2, 0.25) is 0 Å². The van der Waals surface area contributed by atoms with E-state index in [4.69, 9.17) is 4.98 Å². The minimum atomic E-state index is -3.61. The average molecular weight is 579 g/mol. The Hall–Kier alpha value is -2.04. The lowest BCUT2D eigenvalue weighted by atomic mass is 9.96. The molecule has 1 fully saturated rings. The zero-order chi connectivity index (χ0) is 26.7. The second kappa shape index (κ2) is 12.9. The summed E-state index contributed by atoms with van der Waals surface area (Å²) in [5, 5.41) is 0.664. The van der Waals surface area contributed by atoms with Crippen molar-refractivity contribution in [3.63, 3.8) is 0 Å². The Bertz CT molecular complexity index is 1310. The molecule has 1 heterocycles. The zero-order valence-electron chi connectivity index (χ0n) is 22.9. The molecule has 2 aromatic carbocycles. The highest BCUT2D eigenvalue weighted by Crippen LogP contribution is 2.32. The predicted octanol–water partition coefficient (Wildman–Crippen LogP) is 5.89. The van der Waals surface area contributed by atoms with E-state index in [1.54, 1.807) is 36.2 Å². The van der Waals surface area contributed by atoms with Crippen LogP contribution in [0.4, 0.5) is 5.13 Å². The number of fused-ring (bicyclic) bond motifs is 1. The van der Waals surface area contributed by atoms with Crippen molar-refractivity contribution in [3.8, 4) is 0 Å². The van der Waals surface area contributed by atoms with E-state index < -0.39 is 10.0 Å². The molecule has 0 saturated heterocycles. The number of anilines is 1. The first-order chi connectivity index (χ1) is 17.6. The third kappa shape index (κ3) is 6.74. The van der Waals surface area contributed by atoms with Gasteiger partial charge in [-0.2, -0.15) is 4.31 Å². The Kier molecular flexibility index (Phi) is 10.3. The van der Waals surface area contributed by atoms with Crippen molar-refractivity contribution in [2.75, 3.05) is 39.1 Å². The molecule has 1 amide bonds. The van der Waals surface area contributed by atoms with Crippen LogP contribution >= 0.6 is 23.7 Å². The third-order valence-electron chi connectivity index (χ3n) is 7.32. The van der Waals surface area contributed by atoms with Gasteiger partial charge in [0.2, 0.25) is 10.0 Å². The summed E-state index contributed by atoms with van der Waals surface area (Å²) in [5.74, 6) is -0.171. The quantitative estimate of drug-likeness (QED) is 0.317. The molecule has 1 aliphatic carbocycles. The maximum atomic E-state index is 13.7. The molecular formula is C28H39ClN4O3S2. The Morgan fingerprint density at radius 2 is 1.61 bits per heavy atom. The summed E-state index contributed by atoms with van der Waals surface area (Å²) in [6.07, 6.45) is 5.88. The first kappa shape index (κ1) is 30.5. The first-order valence-electron chi connectivity index (χ1n) is 13.0. The van der Waals surface area contributed by atoms with Crippen LogP contribution < -0.4 is 4.90 Å². The van der Waals surface area contributed by atoms with Crippen LogP contribution in [0.25, 0.3) is 10.2 Å². The topological polar surface area (TPSA) is 73.8 Å². The van der Waals surface area contributed by atoms with Crippen LogP contribution in [0.1, 0.15) is 60.0 Å². The zero-order valence-corrected chi connectivity index (χ0v) is 25.4. The summed E-state index contributed by atoms with van der Waals surface area (Å²) in [4.78, 5) is 22.5. The number of sulfonamides is 1. The Morgan fingerprint density at radius 1 is 0.974 bits per heavy atom. The number of carbonyl (C=O) groups excluding carboxylic acids is 1. The van der Waals surface area contributed by atoms with Gasteiger partial charge < -0.3 is 4.90 Å². The van der Waals surface area contributed by atoms with Gasteiger partial charge >= 0.3 is 0 Å². The summed E-state index contributed by atoms with van der Waals surface area (Å²) in [6, 6.07) is 10.6. The van der Waals surface area contributed by atoms with Gasteiger partial charge in [-0.05, 0) is 101 Å². The molecule has 0 atom stereocenters. The molecule has 0 aliphatic heterocycles. The van der Waals surface area contributed by atoms with Crippen molar-refractivity contribution >= 4 is 55.0 Å². The van der Waals surface area contributed by atoms with Crippen LogP contribution in [-0.2, 0) is 10.0 Å². The number of halogens is 1. The number of hydrogen-bond acceptors (Lipinski definition) is 6. The molecule has 4 rings (SSSR count). The third-order valence-corrected chi connectivity index (χ3v) is 10.3. The SMILES string of the molecule is Cc1cc2nc(N(CCCN(C)C)C(=O)c3ccc(S(=O)(=O)N(C)C4CCCCC4)cc3)sc2cc1C.Cl. The van der Waals surface area contributed by atoms with Gasteiger partial charge in [-0.25, -0.2) is 13.4 Å². The van der Waals surface area contributed by atoms with Crippen molar-refractivity contribution in [2.24, 2.45) is 0 Å². The highest BCUT2D eigenvalue weighted by Gasteiger charge is 2.29. The number of hydrogen-bond donors (Lipinski definition) is 0. The van der Waals surface area contributed by atoms with Gasteiger partial charge in [0.05, 0.1) is 15.1 Å². The fraction of sp³-hybridized carbons (Fsp3) is 0.500. The molecule has 208 valence electrons. The van der Waals surface area contributed by atoms with Crippen LogP contribution in [0, 0.1) is 13.8 Å². The van der Waals surface area contributed by atoms with Crippen molar-refractivity contribution in [1.29, 1.82) is 0 Å². The average Bonchev–Trinajstić information content (AvgIpc) is 3.28. The fourth-order valence-electron chi connectivity index (χ4n) is 4.84. The molecule has 3 aromatic rings. The molecule has 38 heavy (non-hydrogen) atoms. The Balaban J connectivity index is 0.00000400. The van der Waals surface area contributed by atoms with E-state index in [0.717, 1.165) is 48.9 Å². The van der Waals surface area contributed by atoms with E-state index in [9.17, 15) is 13.2 Å². The lowest BCUT2D eigenvalue weighted by molar-refractivity contribution is 0.0986. The number of benzene rings is 2. The van der Waals surface area contributed by atoms with E-state index in [2.05, 4.69) is 30.9 Å². The highest BCUT2D eigenvalue weighted by atomic mass is 35.5. The minimum Gasteiger partial charge on any atom is -0.309 e. The molecule has 1 aliphatic rings. The van der Waals surface area contributed by atoms with Gasteiger partial charge in [0.15, 0.2) is 5.13 Å². The van der Waals surface area contributed by atoms with Crippen molar-refractivity contribution in [2.45, 2.75) is 63.3 Å². The number of amides is 1. The number of nitrogens with zero attached hydrogens (tertiary/aromatic N) is 4. The Morgan fingerprint density at radius 3 is 2.24 bits per heavy atom. The summed E-state index contributed by atoms with van der Waals surface area (Å²) in [7, 11) is 2.09. The van der Waals surface area contributed by atoms with Gasteiger partial charge in [0.25, 0.3) is 5.91 Å². The van der Waals surface area contributed by atoms with Gasteiger partial charge in [-0.3, -0.25) is 9.69 Å². The fourth-order valence-corrected chi connectivity index (χ4v) is 7.33. The molecule has 7 nitrogen and oxygen atoms in total. The number of carbonyl (C=O) groups is 1. The number of thiazole rings is 1. The number of aryl methyl sites for hydroxylation is 2. The normalized spacial score (nSPS) is 14.7. The van der Waals surface area contributed by atoms with E-state index in [1.807, 2.05) is 14.1 Å². The van der Waals surface area contributed by atoms with Crippen LogP contribution in [-0.4, -0.2) is 68.8 Å². The van der Waals surface area contributed by atoms with E-state index >= 15 is 0 Å². The number of rotatable bonds is 9. The summed E-state index contributed by atoms with van der Waals surface area (Å²) < 4.78 is 29.1. The molecule has 10 heteroatoms. The largest absolute Gasteiger partial charge is 0.309 e. The molecular weight excluding hydrogens is 540 g/mol. The molecule has 0 unspecified atom stereocenters. The smallest absolute Gasteiger partial charge is 0.260 e. The summed E-state index contributed by atoms with van der Waals surface area (Å²) in [5.41, 5.74) is 3.71. The second-order valence-corrected chi connectivity index (χ2v) is 13.4. The van der Waals surface area contributed by atoms with Crippen molar-refractivity contribution in [1.82, 2.24) is 14.2 Å². The van der Waals surface area contributed by atoms with Crippen molar-refractivity contribution < 1.29 is 13.2 Å². The van der Waals surface area contributed by atoms with Crippen molar-refractivity contribution in [3.05, 3.63) is 53.1 Å². The highest BCUT2D eigenvalue weighted by molar-refractivity contribution is 7.89. The van der Waals surface area contributed by atoms with Gasteiger partial charge in [-0.15, -0.1) is 12.4 Å². The van der Waals surface area contributed by atoms with Gasteiger partial charge in [0.1, 0.15) is 0 Å². The standard InChI is InChI=1S/C28H38N4O3S2.ClH/c1-20-18-25-26(19-21(20)2)36-28(29-25)32(17-9-16-30(3)4)27(33)22-12-14-24(15-13-22)37(34,35)31(5)23-10-7-6-8-11-23;/h12-15,18-19,23H,6-11,16-17H2,1-5H3;1H. The lowest BCUT2D eigenvalue weighted by Gasteiger charge is -2.30. The molecule has 0 N–H and O–H groups in total. The maximum absolute atomic E-state index is 13.7. The molecule has 1 saturated carbocycles. The molecule has 1 aromatic heterocycles. The van der Waals surface area contributed by atoms with Crippen LogP contribution in [0.5, 0.6) is 0 Å². The Labute approximate surface area is 237 Å². The minimum absolute atomic E-state index is 0. The second-order valence-electron chi connectivity index (χ2n) is 10.4. The van der Waals surface area contributed by atoms with Gasteiger partial charge in [-0.1, -0.05) is 30.6 Å². The van der Waals surface area contributed by atoms with E-state index in [-0.39, 0.29) is 29.3 Å².